The fourth-order valence-corrected chi connectivity index (χ4v) is 3.14. The van der Waals surface area contributed by atoms with Crippen molar-refractivity contribution in [1.82, 2.24) is 10.2 Å². The number of hydrogen-bond acceptors (Lipinski definition) is 3. The molecule has 1 fully saturated rings. The van der Waals surface area contributed by atoms with Gasteiger partial charge in [0, 0.05) is 18.5 Å². The third kappa shape index (κ3) is 2.40. The summed E-state index contributed by atoms with van der Waals surface area (Å²) in [5, 5.41) is 2.32. The molecule has 2 heterocycles. The summed E-state index contributed by atoms with van der Waals surface area (Å²) in [6.07, 6.45) is 1.74. The predicted octanol–water partition coefficient (Wildman–Crippen LogP) is 1.96. The molecule has 116 valence electrons. The van der Waals surface area contributed by atoms with Gasteiger partial charge in [0.05, 0.1) is 0 Å². The van der Waals surface area contributed by atoms with Crippen molar-refractivity contribution < 1.29 is 14.4 Å². The summed E-state index contributed by atoms with van der Waals surface area (Å²) >= 11 is 0. The minimum atomic E-state index is -0.537. The average Bonchev–Trinajstić information content (AvgIpc) is 2.83. The molecule has 22 heavy (non-hydrogen) atoms. The molecular weight excluding hydrogens is 280 g/mol. The Balaban J connectivity index is 1.84. The van der Waals surface area contributed by atoms with E-state index in [-0.39, 0.29) is 24.1 Å². The number of fused-ring (bicyclic) bond motifs is 1. The fourth-order valence-electron chi connectivity index (χ4n) is 3.14. The number of piperidine rings is 1. The summed E-state index contributed by atoms with van der Waals surface area (Å²) < 4.78 is 0. The summed E-state index contributed by atoms with van der Waals surface area (Å²) in [4.78, 5) is 37.4. The Hall–Kier alpha value is -2.17. The average molecular weight is 300 g/mol. The van der Waals surface area contributed by atoms with Gasteiger partial charge in [0.15, 0.2) is 0 Å². The smallest absolute Gasteiger partial charge is 0.255 e. The van der Waals surface area contributed by atoms with Crippen LogP contribution in [0.15, 0.2) is 18.2 Å². The SMILES string of the molecule is CCC(C)c1ccc2c(c1)CN(C1CCC(=O)NC1=O)C2=O. The van der Waals surface area contributed by atoms with Gasteiger partial charge in [-0.2, -0.15) is 0 Å². The Morgan fingerprint density at radius 2 is 2.09 bits per heavy atom. The summed E-state index contributed by atoms with van der Waals surface area (Å²) in [7, 11) is 0. The lowest BCUT2D eigenvalue weighted by atomic mass is 9.95. The highest BCUT2D eigenvalue weighted by Gasteiger charge is 2.39. The van der Waals surface area contributed by atoms with Crippen molar-refractivity contribution in [3.8, 4) is 0 Å². The number of amides is 3. The van der Waals surface area contributed by atoms with Crippen molar-refractivity contribution in [2.45, 2.75) is 51.6 Å². The van der Waals surface area contributed by atoms with Crippen molar-refractivity contribution in [2.24, 2.45) is 0 Å². The van der Waals surface area contributed by atoms with Gasteiger partial charge >= 0.3 is 0 Å². The molecule has 2 aliphatic rings. The number of rotatable bonds is 3. The number of carbonyl (C=O) groups is 3. The van der Waals surface area contributed by atoms with Crippen LogP contribution in [0.2, 0.25) is 0 Å². The molecule has 0 radical (unpaired) electrons. The molecule has 1 N–H and O–H groups in total. The molecule has 5 heteroatoms. The minimum Gasteiger partial charge on any atom is -0.322 e. The minimum absolute atomic E-state index is 0.111. The van der Waals surface area contributed by atoms with E-state index in [1.165, 1.54) is 5.56 Å². The number of carbonyl (C=O) groups excluding carboxylic acids is 3. The Morgan fingerprint density at radius 3 is 2.77 bits per heavy atom. The van der Waals surface area contributed by atoms with Crippen LogP contribution in [0.5, 0.6) is 0 Å². The molecule has 5 nitrogen and oxygen atoms in total. The van der Waals surface area contributed by atoms with Crippen LogP contribution in [-0.2, 0) is 16.1 Å². The lowest BCUT2D eigenvalue weighted by Gasteiger charge is -2.29. The van der Waals surface area contributed by atoms with Gasteiger partial charge in [0.25, 0.3) is 5.91 Å². The highest BCUT2D eigenvalue weighted by molar-refractivity contribution is 6.05. The van der Waals surface area contributed by atoms with Crippen molar-refractivity contribution in [2.75, 3.05) is 0 Å². The zero-order valence-corrected chi connectivity index (χ0v) is 12.9. The first-order valence-electron chi connectivity index (χ1n) is 7.78. The van der Waals surface area contributed by atoms with Gasteiger partial charge in [-0.1, -0.05) is 26.0 Å². The van der Waals surface area contributed by atoms with Crippen molar-refractivity contribution in [3.63, 3.8) is 0 Å². The third-order valence-corrected chi connectivity index (χ3v) is 4.73. The number of nitrogens with one attached hydrogen (secondary N) is 1. The maximum atomic E-state index is 12.5. The van der Waals surface area contributed by atoms with Gasteiger partial charge in [-0.25, -0.2) is 0 Å². The van der Waals surface area contributed by atoms with Gasteiger partial charge in [-0.05, 0) is 36.0 Å². The Labute approximate surface area is 129 Å². The normalized spacial score (nSPS) is 22.5. The molecule has 0 bridgehead atoms. The van der Waals surface area contributed by atoms with E-state index in [4.69, 9.17) is 0 Å². The van der Waals surface area contributed by atoms with Crippen LogP contribution < -0.4 is 5.32 Å². The monoisotopic (exact) mass is 300 g/mol. The summed E-state index contributed by atoms with van der Waals surface area (Å²) in [6, 6.07) is 5.40. The van der Waals surface area contributed by atoms with Crippen LogP contribution >= 0.6 is 0 Å². The number of imide groups is 1. The van der Waals surface area contributed by atoms with E-state index in [1.807, 2.05) is 12.1 Å². The van der Waals surface area contributed by atoms with Crippen LogP contribution in [-0.4, -0.2) is 28.7 Å². The molecule has 0 saturated carbocycles. The highest BCUT2D eigenvalue weighted by atomic mass is 16.2. The lowest BCUT2D eigenvalue weighted by molar-refractivity contribution is -0.136. The highest BCUT2D eigenvalue weighted by Crippen LogP contribution is 2.30. The maximum Gasteiger partial charge on any atom is 0.255 e. The maximum absolute atomic E-state index is 12.5. The van der Waals surface area contributed by atoms with Gasteiger partial charge in [-0.3, -0.25) is 19.7 Å². The van der Waals surface area contributed by atoms with Crippen LogP contribution in [0, 0.1) is 0 Å². The Bertz CT molecular complexity index is 653. The zero-order chi connectivity index (χ0) is 15.9. The predicted molar refractivity (Wildman–Crippen MR) is 81.2 cm³/mol. The van der Waals surface area contributed by atoms with Crippen LogP contribution in [0.4, 0.5) is 0 Å². The second-order valence-corrected chi connectivity index (χ2v) is 6.13. The van der Waals surface area contributed by atoms with E-state index >= 15 is 0 Å². The topological polar surface area (TPSA) is 66.5 Å². The van der Waals surface area contributed by atoms with Gasteiger partial charge in [-0.15, -0.1) is 0 Å². The Morgan fingerprint density at radius 1 is 1.32 bits per heavy atom. The first-order chi connectivity index (χ1) is 10.5. The van der Waals surface area contributed by atoms with Gasteiger partial charge < -0.3 is 4.90 Å². The van der Waals surface area contributed by atoms with Gasteiger partial charge in [0.2, 0.25) is 11.8 Å². The molecule has 1 aromatic rings. The van der Waals surface area contributed by atoms with Crippen LogP contribution in [0.25, 0.3) is 0 Å². The fraction of sp³-hybridized carbons (Fsp3) is 0.471. The van der Waals surface area contributed by atoms with E-state index in [0.29, 0.717) is 24.4 Å². The third-order valence-electron chi connectivity index (χ3n) is 4.73. The lowest BCUT2D eigenvalue weighted by Crippen LogP contribution is -2.52. The van der Waals surface area contributed by atoms with Crippen molar-refractivity contribution in [1.29, 1.82) is 0 Å². The van der Waals surface area contributed by atoms with E-state index in [9.17, 15) is 14.4 Å². The van der Waals surface area contributed by atoms with Crippen molar-refractivity contribution >= 4 is 17.7 Å². The van der Waals surface area contributed by atoms with Crippen LogP contribution in [0.3, 0.4) is 0 Å². The molecule has 2 unspecified atom stereocenters. The largest absolute Gasteiger partial charge is 0.322 e. The molecule has 0 aromatic heterocycles. The van der Waals surface area contributed by atoms with E-state index in [2.05, 4.69) is 25.2 Å². The standard InChI is InChI=1S/C17H20N2O3/c1-3-10(2)11-4-5-13-12(8-11)9-19(17(13)22)14-6-7-15(20)18-16(14)21/h4-5,8,10,14H,3,6-7,9H2,1-2H3,(H,18,20,21). The summed E-state index contributed by atoms with van der Waals surface area (Å²) in [6.45, 7) is 4.75. The summed E-state index contributed by atoms with van der Waals surface area (Å²) in [5.74, 6) is -0.283. The first kappa shape index (κ1) is 14.8. The Kier molecular flexibility index (Phi) is 3.72. The molecule has 1 saturated heterocycles. The summed E-state index contributed by atoms with van der Waals surface area (Å²) in [5.41, 5.74) is 2.88. The molecule has 1 aromatic carbocycles. The van der Waals surface area contributed by atoms with Gasteiger partial charge in [0.1, 0.15) is 6.04 Å². The van der Waals surface area contributed by atoms with Crippen molar-refractivity contribution in [3.05, 3.63) is 34.9 Å². The molecule has 0 aliphatic carbocycles. The number of nitrogens with zero attached hydrogens (tertiary/aromatic N) is 1. The molecule has 2 atom stereocenters. The first-order valence-corrected chi connectivity index (χ1v) is 7.78. The molecule has 3 rings (SSSR count). The molecule has 0 spiro atoms. The number of benzene rings is 1. The van der Waals surface area contributed by atoms with E-state index in [0.717, 1.165) is 12.0 Å². The van der Waals surface area contributed by atoms with E-state index < -0.39 is 6.04 Å². The second-order valence-electron chi connectivity index (χ2n) is 6.13. The second kappa shape index (κ2) is 5.55. The van der Waals surface area contributed by atoms with Crippen LogP contribution in [0.1, 0.15) is 60.5 Å². The van der Waals surface area contributed by atoms with E-state index in [1.54, 1.807) is 4.90 Å². The zero-order valence-electron chi connectivity index (χ0n) is 12.9. The quantitative estimate of drug-likeness (QED) is 0.868. The molecular formula is C17H20N2O3. The molecule has 3 amide bonds. The molecule has 2 aliphatic heterocycles. The number of hydrogen-bond donors (Lipinski definition) is 1.